The van der Waals surface area contributed by atoms with E-state index in [0.29, 0.717) is 19.0 Å². The number of likely N-dealkylation sites (N-methyl/N-ethyl adjacent to an activating group) is 1. The Kier molecular flexibility index (Phi) is 7.91. The molecule has 0 aromatic heterocycles. The molecule has 0 spiro atoms. The molecule has 3 rings (SSSR count). The molecule has 144 valence electrons. The first-order valence-electron chi connectivity index (χ1n) is 9.45. The third-order valence-electron chi connectivity index (χ3n) is 5.46. The fourth-order valence-corrected chi connectivity index (χ4v) is 3.96. The lowest BCUT2D eigenvalue weighted by molar-refractivity contribution is -0.141. The Morgan fingerprint density at radius 1 is 1.04 bits per heavy atom. The summed E-state index contributed by atoms with van der Waals surface area (Å²) in [5, 5.41) is 3.29. The van der Waals surface area contributed by atoms with Crippen molar-refractivity contribution in [1.82, 2.24) is 15.1 Å². The fourth-order valence-electron chi connectivity index (χ4n) is 3.96. The highest BCUT2D eigenvalue weighted by molar-refractivity contribution is 5.85. The van der Waals surface area contributed by atoms with E-state index in [-0.39, 0.29) is 30.1 Å². The quantitative estimate of drug-likeness (QED) is 0.871. The molecule has 2 heterocycles. The van der Waals surface area contributed by atoms with E-state index in [1.165, 1.54) is 0 Å². The van der Waals surface area contributed by atoms with E-state index in [9.17, 15) is 9.59 Å². The monoisotopic (exact) mass is 379 g/mol. The summed E-state index contributed by atoms with van der Waals surface area (Å²) in [4.78, 5) is 29.4. The highest BCUT2D eigenvalue weighted by atomic mass is 35.5. The number of carbonyl (C=O) groups excluding carboxylic acids is 2. The molecular formula is C20H30ClN3O2. The van der Waals surface area contributed by atoms with Crippen LogP contribution in [0.5, 0.6) is 0 Å². The SMILES string of the molecule is CNC1CCCN(C(=O)C2CCCN(C(=O)Cc3ccccc3)C2)C1.Cl. The van der Waals surface area contributed by atoms with Gasteiger partial charge in [-0.15, -0.1) is 12.4 Å². The largest absolute Gasteiger partial charge is 0.342 e. The van der Waals surface area contributed by atoms with Gasteiger partial charge in [0, 0.05) is 32.2 Å². The molecule has 6 heteroatoms. The van der Waals surface area contributed by atoms with Crippen LogP contribution in [-0.2, 0) is 16.0 Å². The van der Waals surface area contributed by atoms with Crippen molar-refractivity contribution in [2.24, 2.45) is 5.92 Å². The Morgan fingerprint density at radius 2 is 1.73 bits per heavy atom. The number of benzene rings is 1. The summed E-state index contributed by atoms with van der Waals surface area (Å²) < 4.78 is 0. The van der Waals surface area contributed by atoms with Crippen LogP contribution < -0.4 is 5.32 Å². The van der Waals surface area contributed by atoms with Crippen LogP contribution in [0.25, 0.3) is 0 Å². The first-order valence-corrected chi connectivity index (χ1v) is 9.45. The van der Waals surface area contributed by atoms with Crippen LogP contribution in [0.15, 0.2) is 30.3 Å². The number of nitrogens with one attached hydrogen (secondary N) is 1. The minimum atomic E-state index is -0.0379. The Morgan fingerprint density at radius 3 is 2.46 bits per heavy atom. The Hall–Kier alpha value is -1.59. The average Bonchev–Trinajstić information content (AvgIpc) is 2.68. The van der Waals surface area contributed by atoms with Crippen molar-refractivity contribution in [1.29, 1.82) is 0 Å². The third-order valence-corrected chi connectivity index (χ3v) is 5.46. The lowest BCUT2D eigenvalue weighted by atomic mass is 9.94. The van der Waals surface area contributed by atoms with Gasteiger partial charge in [0.15, 0.2) is 0 Å². The maximum atomic E-state index is 12.9. The summed E-state index contributed by atoms with van der Waals surface area (Å²) in [6.45, 7) is 3.00. The van der Waals surface area contributed by atoms with Crippen molar-refractivity contribution in [2.75, 3.05) is 33.2 Å². The highest BCUT2D eigenvalue weighted by Gasteiger charge is 2.32. The van der Waals surface area contributed by atoms with Gasteiger partial charge in [-0.05, 0) is 38.3 Å². The van der Waals surface area contributed by atoms with Crippen molar-refractivity contribution in [3.8, 4) is 0 Å². The molecule has 2 aliphatic heterocycles. The first kappa shape index (κ1) is 20.7. The molecule has 2 amide bonds. The van der Waals surface area contributed by atoms with Gasteiger partial charge >= 0.3 is 0 Å². The zero-order valence-corrected chi connectivity index (χ0v) is 16.3. The standard InChI is InChI=1S/C20H29N3O2.ClH/c1-21-18-10-6-12-23(15-18)20(25)17-9-5-11-22(14-17)19(24)13-16-7-3-2-4-8-16;/h2-4,7-8,17-18,21H,5-6,9-15H2,1H3;1H. The topological polar surface area (TPSA) is 52.7 Å². The highest BCUT2D eigenvalue weighted by Crippen LogP contribution is 2.22. The summed E-state index contributed by atoms with van der Waals surface area (Å²) in [6, 6.07) is 10.2. The zero-order chi connectivity index (χ0) is 17.6. The Labute approximate surface area is 162 Å². The van der Waals surface area contributed by atoms with Gasteiger partial charge in [0.2, 0.25) is 11.8 Å². The van der Waals surface area contributed by atoms with E-state index in [4.69, 9.17) is 0 Å². The van der Waals surface area contributed by atoms with Crippen molar-refractivity contribution in [3.63, 3.8) is 0 Å². The molecule has 2 unspecified atom stereocenters. The molecule has 26 heavy (non-hydrogen) atoms. The first-order chi connectivity index (χ1) is 12.2. The molecule has 2 saturated heterocycles. The molecule has 1 N–H and O–H groups in total. The van der Waals surface area contributed by atoms with Gasteiger partial charge in [-0.3, -0.25) is 9.59 Å². The van der Waals surface area contributed by atoms with E-state index in [0.717, 1.165) is 50.9 Å². The van der Waals surface area contributed by atoms with Gasteiger partial charge in [0.05, 0.1) is 12.3 Å². The van der Waals surface area contributed by atoms with E-state index in [1.54, 1.807) is 0 Å². The van der Waals surface area contributed by atoms with Gasteiger partial charge in [0.1, 0.15) is 0 Å². The van der Waals surface area contributed by atoms with Crippen LogP contribution in [0.4, 0.5) is 0 Å². The predicted octanol–water partition coefficient (Wildman–Crippen LogP) is 2.10. The van der Waals surface area contributed by atoms with Gasteiger partial charge < -0.3 is 15.1 Å². The average molecular weight is 380 g/mol. The molecule has 2 fully saturated rings. The minimum absolute atomic E-state index is 0. The van der Waals surface area contributed by atoms with Crippen molar-refractivity contribution >= 4 is 24.2 Å². The van der Waals surface area contributed by atoms with Gasteiger partial charge in [0.25, 0.3) is 0 Å². The number of halogens is 1. The number of hydrogen-bond donors (Lipinski definition) is 1. The second-order valence-electron chi connectivity index (χ2n) is 7.25. The second-order valence-corrected chi connectivity index (χ2v) is 7.25. The maximum absolute atomic E-state index is 12.9. The van der Waals surface area contributed by atoms with Crippen molar-refractivity contribution < 1.29 is 9.59 Å². The molecule has 2 aliphatic rings. The molecule has 0 saturated carbocycles. The van der Waals surface area contributed by atoms with Crippen LogP contribution in [0.3, 0.4) is 0 Å². The summed E-state index contributed by atoms with van der Waals surface area (Å²) in [5.74, 6) is 0.330. The molecule has 1 aromatic carbocycles. The van der Waals surface area contributed by atoms with Crippen LogP contribution >= 0.6 is 12.4 Å². The molecule has 0 aliphatic carbocycles. The van der Waals surface area contributed by atoms with Crippen molar-refractivity contribution in [3.05, 3.63) is 35.9 Å². The molecule has 5 nitrogen and oxygen atoms in total. The molecule has 1 aromatic rings. The summed E-state index contributed by atoms with van der Waals surface area (Å²) in [5.41, 5.74) is 1.04. The third kappa shape index (κ3) is 5.21. The van der Waals surface area contributed by atoms with E-state index in [1.807, 2.05) is 47.2 Å². The number of rotatable bonds is 4. The van der Waals surface area contributed by atoms with Crippen LogP contribution in [0.2, 0.25) is 0 Å². The minimum Gasteiger partial charge on any atom is -0.342 e. The van der Waals surface area contributed by atoms with Gasteiger partial charge in [-0.2, -0.15) is 0 Å². The van der Waals surface area contributed by atoms with Crippen LogP contribution in [0.1, 0.15) is 31.2 Å². The summed E-state index contributed by atoms with van der Waals surface area (Å²) >= 11 is 0. The smallest absolute Gasteiger partial charge is 0.227 e. The Bertz CT molecular complexity index is 596. The fraction of sp³-hybridized carbons (Fsp3) is 0.600. The number of nitrogens with zero attached hydrogens (tertiary/aromatic N) is 2. The normalized spacial score (nSPS) is 23.3. The summed E-state index contributed by atoms with van der Waals surface area (Å²) in [6.07, 6.45) is 4.43. The van der Waals surface area contributed by atoms with Crippen LogP contribution in [0, 0.1) is 5.92 Å². The number of amides is 2. The lowest BCUT2D eigenvalue weighted by Gasteiger charge is -2.38. The van der Waals surface area contributed by atoms with E-state index in [2.05, 4.69) is 5.32 Å². The molecule has 2 atom stereocenters. The van der Waals surface area contributed by atoms with Gasteiger partial charge in [-0.25, -0.2) is 0 Å². The lowest BCUT2D eigenvalue weighted by Crippen LogP contribution is -2.52. The molecule has 0 bridgehead atoms. The summed E-state index contributed by atoms with van der Waals surface area (Å²) in [7, 11) is 1.96. The number of hydrogen-bond acceptors (Lipinski definition) is 3. The van der Waals surface area contributed by atoms with E-state index >= 15 is 0 Å². The second kappa shape index (κ2) is 9.93. The van der Waals surface area contributed by atoms with Gasteiger partial charge in [-0.1, -0.05) is 30.3 Å². The van der Waals surface area contributed by atoms with Crippen LogP contribution in [-0.4, -0.2) is 60.9 Å². The predicted molar refractivity (Wildman–Crippen MR) is 105 cm³/mol. The molecule has 0 radical (unpaired) electrons. The number of piperidine rings is 2. The molecular weight excluding hydrogens is 350 g/mol. The van der Waals surface area contributed by atoms with E-state index < -0.39 is 0 Å². The Balaban J connectivity index is 0.00000243. The zero-order valence-electron chi connectivity index (χ0n) is 15.5. The number of likely N-dealkylation sites (tertiary alicyclic amines) is 2. The maximum Gasteiger partial charge on any atom is 0.227 e. The number of carbonyl (C=O) groups is 2. The van der Waals surface area contributed by atoms with Crippen molar-refractivity contribution in [2.45, 2.75) is 38.1 Å².